The van der Waals surface area contributed by atoms with E-state index in [2.05, 4.69) is 0 Å². The summed E-state index contributed by atoms with van der Waals surface area (Å²) in [6.45, 7) is 1.51. The van der Waals surface area contributed by atoms with Crippen LogP contribution in [-0.4, -0.2) is 23.8 Å². The number of hydrogen-bond donors (Lipinski definition) is 1. The van der Waals surface area contributed by atoms with E-state index in [-0.39, 0.29) is 28.4 Å². The Hall–Kier alpha value is -2.40. The van der Waals surface area contributed by atoms with Crippen LogP contribution in [0, 0.1) is 0 Å². The molecule has 1 atom stereocenters. The highest BCUT2D eigenvalue weighted by Crippen LogP contribution is 2.35. The first-order valence-electron chi connectivity index (χ1n) is 6.12. The number of fused-ring (bicyclic) bond motifs is 2. The number of furan rings is 1. The van der Waals surface area contributed by atoms with Gasteiger partial charge in [-0.25, -0.2) is 0 Å². The zero-order valence-electron chi connectivity index (χ0n) is 11.0. The molecule has 0 fully saturated rings. The van der Waals surface area contributed by atoms with Crippen molar-refractivity contribution in [1.82, 2.24) is 0 Å². The van der Waals surface area contributed by atoms with Gasteiger partial charge in [0.05, 0.1) is 18.2 Å². The molecule has 0 saturated carbocycles. The topological polar surface area (TPSA) is 76.7 Å². The molecule has 0 saturated heterocycles. The van der Waals surface area contributed by atoms with Crippen LogP contribution in [0.15, 0.2) is 28.7 Å². The quantitative estimate of drug-likeness (QED) is 0.773. The molecule has 1 aliphatic rings. The smallest absolute Gasteiger partial charge is 0.233 e. The van der Waals surface area contributed by atoms with Crippen molar-refractivity contribution in [2.45, 2.75) is 13.0 Å². The van der Waals surface area contributed by atoms with Crippen molar-refractivity contribution in [3.05, 3.63) is 52.5 Å². The van der Waals surface area contributed by atoms with Gasteiger partial charge in [0.1, 0.15) is 17.6 Å². The highest BCUT2D eigenvalue weighted by Gasteiger charge is 2.36. The van der Waals surface area contributed by atoms with Crippen LogP contribution in [-0.2, 0) is 0 Å². The van der Waals surface area contributed by atoms with E-state index < -0.39 is 11.9 Å². The monoisotopic (exact) mass is 272 g/mol. The minimum Gasteiger partial charge on any atom is -0.496 e. The van der Waals surface area contributed by atoms with E-state index in [1.807, 2.05) is 0 Å². The fraction of sp³-hybridized carbons (Fsp3) is 0.200. The number of aliphatic hydroxyl groups is 1. The summed E-state index contributed by atoms with van der Waals surface area (Å²) in [6, 6.07) is 6.27. The summed E-state index contributed by atoms with van der Waals surface area (Å²) in [4.78, 5) is 24.9. The van der Waals surface area contributed by atoms with Crippen LogP contribution in [0.25, 0.3) is 0 Å². The molecular formula is C15H12O5. The predicted octanol–water partition coefficient (Wildman–Crippen LogP) is 2.12. The van der Waals surface area contributed by atoms with E-state index in [1.54, 1.807) is 18.2 Å². The van der Waals surface area contributed by atoms with Gasteiger partial charge in [-0.2, -0.15) is 0 Å². The fourth-order valence-corrected chi connectivity index (χ4v) is 2.34. The lowest BCUT2D eigenvalue weighted by Gasteiger charge is -2.15. The SMILES string of the molecule is COc1cccc2c1C(=O)c1oc([C@@H](C)O)cc1C2=O. The van der Waals surface area contributed by atoms with E-state index in [1.165, 1.54) is 20.1 Å². The molecule has 2 aromatic rings. The first kappa shape index (κ1) is 12.6. The molecule has 1 aliphatic carbocycles. The van der Waals surface area contributed by atoms with Crippen LogP contribution in [0.2, 0.25) is 0 Å². The maximum Gasteiger partial charge on any atom is 0.233 e. The lowest BCUT2D eigenvalue weighted by Crippen LogP contribution is -2.19. The summed E-state index contributed by atoms with van der Waals surface area (Å²) >= 11 is 0. The zero-order valence-corrected chi connectivity index (χ0v) is 11.0. The summed E-state index contributed by atoms with van der Waals surface area (Å²) in [5.41, 5.74) is 0.686. The van der Waals surface area contributed by atoms with Gasteiger partial charge in [0.25, 0.3) is 0 Å². The molecule has 20 heavy (non-hydrogen) atoms. The molecule has 1 heterocycles. The molecule has 1 N–H and O–H groups in total. The van der Waals surface area contributed by atoms with Crippen LogP contribution in [0.3, 0.4) is 0 Å². The molecule has 0 spiro atoms. The number of rotatable bonds is 2. The number of hydrogen-bond acceptors (Lipinski definition) is 5. The van der Waals surface area contributed by atoms with E-state index in [9.17, 15) is 14.7 Å². The lowest BCUT2D eigenvalue weighted by molar-refractivity contribution is 0.0950. The van der Waals surface area contributed by atoms with Gasteiger partial charge in [0.15, 0.2) is 11.5 Å². The van der Waals surface area contributed by atoms with Crippen molar-refractivity contribution in [3.63, 3.8) is 0 Å². The van der Waals surface area contributed by atoms with Gasteiger partial charge in [0.2, 0.25) is 5.78 Å². The molecule has 0 radical (unpaired) electrons. The molecule has 5 heteroatoms. The molecule has 0 amide bonds. The van der Waals surface area contributed by atoms with Gasteiger partial charge >= 0.3 is 0 Å². The van der Waals surface area contributed by atoms with Crippen LogP contribution in [0.4, 0.5) is 0 Å². The Morgan fingerprint density at radius 3 is 2.60 bits per heavy atom. The number of methoxy groups -OCH3 is 1. The Balaban J connectivity index is 2.25. The highest BCUT2D eigenvalue weighted by atomic mass is 16.5. The number of carbonyl (C=O) groups excluding carboxylic acids is 2. The minimum absolute atomic E-state index is 0.0390. The number of aliphatic hydroxyl groups excluding tert-OH is 1. The standard InChI is InChI=1S/C15H12O5/c1-7(16)11-6-9-13(17)8-4-3-5-10(19-2)12(8)14(18)15(9)20-11/h3-7,16H,1-2H3/t7-/m1/s1. The Bertz CT molecular complexity index is 724. The van der Waals surface area contributed by atoms with Crippen LogP contribution in [0.5, 0.6) is 5.75 Å². The first-order chi connectivity index (χ1) is 9.54. The molecule has 0 unspecified atom stereocenters. The van der Waals surface area contributed by atoms with Crippen molar-refractivity contribution in [1.29, 1.82) is 0 Å². The van der Waals surface area contributed by atoms with E-state index in [4.69, 9.17) is 9.15 Å². The Kier molecular flexibility index (Phi) is 2.72. The zero-order chi connectivity index (χ0) is 14.4. The Morgan fingerprint density at radius 2 is 1.95 bits per heavy atom. The summed E-state index contributed by atoms with van der Waals surface area (Å²) < 4.78 is 10.5. The van der Waals surface area contributed by atoms with Crippen LogP contribution >= 0.6 is 0 Å². The molecular weight excluding hydrogens is 260 g/mol. The summed E-state index contributed by atoms with van der Waals surface area (Å²) in [5, 5.41) is 9.52. The summed E-state index contributed by atoms with van der Waals surface area (Å²) in [5.74, 6) is -0.212. The van der Waals surface area contributed by atoms with Gasteiger partial charge in [-0.05, 0) is 19.1 Å². The predicted molar refractivity (Wildman–Crippen MR) is 69.2 cm³/mol. The van der Waals surface area contributed by atoms with Gasteiger partial charge in [-0.1, -0.05) is 12.1 Å². The molecule has 3 rings (SSSR count). The van der Waals surface area contributed by atoms with Crippen LogP contribution in [0.1, 0.15) is 50.8 Å². The maximum absolute atomic E-state index is 12.5. The second-order valence-electron chi connectivity index (χ2n) is 4.61. The van der Waals surface area contributed by atoms with Crippen molar-refractivity contribution in [2.75, 3.05) is 7.11 Å². The Labute approximate surface area is 114 Å². The molecule has 102 valence electrons. The van der Waals surface area contributed by atoms with Gasteiger partial charge in [-0.15, -0.1) is 0 Å². The van der Waals surface area contributed by atoms with Crippen molar-refractivity contribution >= 4 is 11.6 Å². The second-order valence-corrected chi connectivity index (χ2v) is 4.61. The molecule has 5 nitrogen and oxygen atoms in total. The molecule has 0 bridgehead atoms. The fourth-order valence-electron chi connectivity index (χ4n) is 2.34. The summed E-state index contributed by atoms with van der Waals surface area (Å²) in [6.07, 6.45) is -0.883. The van der Waals surface area contributed by atoms with E-state index in [0.29, 0.717) is 11.3 Å². The minimum atomic E-state index is -0.883. The summed E-state index contributed by atoms with van der Waals surface area (Å²) in [7, 11) is 1.44. The largest absolute Gasteiger partial charge is 0.496 e. The number of carbonyl (C=O) groups is 2. The normalized spacial score (nSPS) is 14.8. The third kappa shape index (κ3) is 1.60. The number of ether oxygens (including phenoxy) is 1. The average Bonchev–Trinajstić information content (AvgIpc) is 2.89. The van der Waals surface area contributed by atoms with E-state index >= 15 is 0 Å². The lowest BCUT2D eigenvalue weighted by atomic mass is 9.88. The van der Waals surface area contributed by atoms with Gasteiger partial charge in [-0.3, -0.25) is 9.59 Å². The van der Waals surface area contributed by atoms with Crippen molar-refractivity contribution in [2.24, 2.45) is 0 Å². The van der Waals surface area contributed by atoms with Gasteiger partial charge < -0.3 is 14.3 Å². The van der Waals surface area contributed by atoms with Crippen molar-refractivity contribution in [3.8, 4) is 5.75 Å². The van der Waals surface area contributed by atoms with Crippen LogP contribution < -0.4 is 4.74 Å². The third-order valence-corrected chi connectivity index (χ3v) is 3.33. The maximum atomic E-state index is 12.5. The molecule has 1 aromatic carbocycles. The van der Waals surface area contributed by atoms with Crippen molar-refractivity contribution < 1.29 is 23.8 Å². The number of ketones is 2. The highest BCUT2D eigenvalue weighted by molar-refractivity contribution is 6.28. The first-order valence-corrected chi connectivity index (χ1v) is 6.12. The second kappa shape index (κ2) is 4.31. The van der Waals surface area contributed by atoms with E-state index in [0.717, 1.165) is 0 Å². The average molecular weight is 272 g/mol. The Morgan fingerprint density at radius 1 is 1.20 bits per heavy atom. The van der Waals surface area contributed by atoms with Gasteiger partial charge in [0, 0.05) is 5.56 Å². The number of benzene rings is 1. The molecule has 1 aromatic heterocycles. The third-order valence-electron chi connectivity index (χ3n) is 3.33. The molecule has 0 aliphatic heterocycles.